The molecule has 0 aliphatic heterocycles. The summed E-state index contributed by atoms with van der Waals surface area (Å²) in [6, 6.07) is 21.5. The van der Waals surface area contributed by atoms with Gasteiger partial charge in [0.05, 0.1) is 10.6 Å². The number of benzene rings is 3. The minimum Gasteiger partial charge on any atom is -0.352 e. The standard InChI is InChI=1S/C29H34FN3O4S/c1-4-26(29(35)31-22(2)3)32(20-19-23-13-7-5-8-14-23)28(34)21-33(27-18-12-11-17-25(27)30)38(36,37)24-15-9-6-10-16-24/h5-18,22,26H,4,19-21H2,1-3H3,(H,31,35). The second-order valence-corrected chi connectivity index (χ2v) is 11.0. The highest BCUT2D eigenvalue weighted by Crippen LogP contribution is 2.26. The average Bonchev–Trinajstić information content (AvgIpc) is 2.90. The van der Waals surface area contributed by atoms with Crippen LogP contribution in [0, 0.1) is 5.82 Å². The van der Waals surface area contributed by atoms with Crippen molar-refractivity contribution in [1.29, 1.82) is 0 Å². The molecule has 0 aliphatic carbocycles. The Hall–Kier alpha value is -3.72. The summed E-state index contributed by atoms with van der Waals surface area (Å²) in [7, 11) is -4.30. The summed E-state index contributed by atoms with van der Waals surface area (Å²) in [5.41, 5.74) is 0.722. The van der Waals surface area contributed by atoms with Gasteiger partial charge < -0.3 is 10.2 Å². The molecule has 0 radical (unpaired) electrons. The number of rotatable bonds is 12. The van der Waals surface area contributed by atoms with E-state index in [2.05, 4.69) is 5.32 Å². The third kappa shape index (κ3) is 7.19. The minimum absolute atomic E-state index is 0.0727. The van der Waals surface area contributed by atoms with Crippen LogP contribution in [-0.2, 0) is 26.0 Å². The lowest BCUT2D eigenvalue weighted by molar-refractivity contribution is -0.139. The van der Waals surface area contributed by atoms with E-state index in [0.717, 1.165) is 15.9 Å². The smallest absolute Gasteiger partial charge is 0.264 e. The molecule has 0 fully saturated rings. The van der Waals surface area contributed by atoms with Gasteiger partial charge in [-0.3, -0.25) is 13.9 Å². The molecular formula is C29H34FN3O4S. The Labute approximate surface area is 224 Å². The molecule has 0 saturated carbocycles. The van der Waals surface area contributed by atoms with Crippen molar-refractivity contribution >= 4 is 27.5 Å². The van der Waals surface area contributed by atoms with Gasteiger partial charge in [-0.05, 0) is 56.5 Å². The molecule has 3 rings (SSSR count). The Morgan fingerprint density at radius 2 is 1.47 bits per heavy atom. The van der Waals surface area contributed by atoms with E-state index in [1.807, 2.05) is 44.2 Å². The number of hydrogen-bond acceptors (Lipinski definition) is 4. The summed E-state index contributed by atoms with van der Waals surface area (Å²) < 4.78 is 43.0. The number of carbonyl (C=O) groups is 2. The van der Waals surface area contributed by atoms with Gasteiger partial charge in [0.2, 0.25) is 11.8 Å². The van der Waals surface area contributed by atoms with Gasteiger partial charge in [-0.25, -0.2) is 12.8 Å². The summed E-state index contributed by atoms with van der Waals surface area (Å²) in [4.78, 5) is 28.2. The molecule has 1 atom stereocenters. The molecular weight excluding hydrogens is 505 g/mol. The number of halogens is 1. The Morgan fingerprint density at radius 3 is 2.05 bits per heavy atom. The van der Waals surface area contributed by atoms with E-state index in [4.69, 9.17) is 0 Å². The summed E-state index contributed by atoms with van der Waals surface area (Å²) in [5, 5.41) is 2.85. The molecule has 3 aromatic rings. The lowest BCUT2D eigenvalue weighted by Crippen LogP contribution is -2.54. The van der Waals surface area contributed by atoms with E-state index >= 15 is 0 Å². The Morgan fingerprint density at radius 1 is 0.895 bits per heavy atom. The second kappa shape index (κ2) is 13.2. The predicted molar refractivity (Wildman–Crippen MR) is 147 cm³/mol. The van der Waals surface area contributed by atoms with Gasteiger partial charge >= 0.3 is 0 Å². The van der Waals surface area contributed by atoms with Gasteiger partial charge in [0.25, 0.3) is 10.0 Å². The molecule has 0 aliphatic rings. The second-order valence-electron chi connectivity index (χ2n) is 9.19. The van der Waals surface area contributed by atoms with Crippen LogP contribution in [0.3, 0.4) is 0 Å². The van der Waals surface area contributed by atoms with Crippen molar-refractivity contribution in [3.05, 3.63) is 96.3 Å². The average molecular weight is 540 g/mol. The van der Waals surface area contributed by atoms with Crippen molar-refractivity contribution in [2.24, 2.45) is 0 Å². The summed E-state index contributed by atoms with van der Waals surface area (Å²) in [6.45, 7) is 4.96. The molecule has 202 valence electrons. The number of nitrogens with zero attached hydrogens (tertiary/aromatic N) is 2. The van der Waals surface area contributed by atoms with Gasteiger partial charge in [0.15, 0.2) is 0 Å². The third-order valence-corrected chi connectivity index (χ3v) is 7.81. The van der Waals surface area contributed by atoms with Crippen molar-refractivity contribution in [2.45, 2.75) is 50.6 Å². The lowest BCUT2D eigenvalue weighted by atomic mass is 10.1. The molecule has 3 aromatic carbocycles. The Bertz CT molecular complexity index is 1320. The number of hydrogen-bond donors (Lipinski definition) is 1. The zero-order chi connectivity index (χ0) is 27.7. The van der Waals surface area contributed by atoms with E-state index in [-0.39, 0.29) is 29.1 Å². The quantitative estimate of drug-likeness (QED) is 0.370. The fourth-order valence-corrected chi connectivity index (χ4v) is 5.61. The van der Waals surface area contributed by atoms with Crippen LogP contribution in [0.4, 0.5) is 10.1 Å². The fraction of sp³-hybridized carbons (Fsp3) is 0.310. The molecule has 1 N–H and O–H groups in total. The molecule has 0 saturated heterocycles. The third-order valence-electron chi connectivity index (χ3n) is 6.03. The zero-order valence-electron chi connectivity index (χ0n) is 21.9. The van der Waals surface area contributed by atoms with Crippen molar-refractivity contribution in [1.82, 2.24) is 10.2 Å². The van der Waals surface area contributed by atoms with Crippen LogP contribution in [0.15, 0.2) is 89.8 Å². The van der Waals surface area contributed by atoms with E-state index in [1.165, 1.54) is 35.2 Å². The minimum atomic E-state index is -4.30. The molecule has 7 nitrogen and oxygen atoms in total. The van der Waals surface area contributed by atoms with Gasteiger partial charge in [0.1, 0.15) is 18.4 Å². The molecule has 9 heteroatoms. The maximum atomic E-state index is 14.9. The highest BCUT2D eigenvalue weighted by Gasteiger charge is 2.34. The molecule has 0 spiro atoms. The number of sulfonamides is 1. The van der Waals surface area contributed by atoms with Crippen molar-refractivity contribution in [3.8, 4) is 0 Å². The van der Waals surface area contributed by atoms with Gasteiger partial charge in [-0.15, -0.1) is 0 Å². The summed E-state index contributed by atoms with van der Waals surface area (Å²) in [6.07, 6.45) is 0.785. The van der Waals surface area contributed by atoms with Crippen molar-refractivity contribution in [2.75, 3.05) is 17.4 Å². The first-order valence-corrected chi connectivity index (χ1v) is 14.0. The predicted octanol–water partition coefficient (Wildman–Crippen LogP) is 4.40. The van der Waals surface area contributed by atoms with Crippen molar-refractivity contribution < 1.29 is 22.4 Å². The van der Waals surface area contributed by atoms with Gasteiger partial charge in [0, 0.05) is 12.6 Å². The number of carbonyl (C=O) groups excluding carboxylic acids is 2. The first kappa shape index (κ1) is 28.8. The van der Waals surface area contributed by atoms with Crippen LogP contribution in [-0.4, -0.2) is 50.3 Å². The first-order chi connectivity index (χ1) is 18.1. The highest BCUT2D eigenvalue weighted by molar-refractivity contribution is 7.92. The van der Waals surface area contributed by atoms with E-state index in [0.29, 0.717) is 12.8 Å². The maximum Gasteiger partial charge on any atom is 0.264 e. The molecule has 0 aromatic heterocycles. The van der Waals surface area contributed by atoms with E-state index < -0.39 is 34.3 Å². The maximum absolute atomic E-state index is 14.9. The van der Waals surface area contributed by atoms with Gasteiger partial charge in [-0.2, -0.15) is 0 Å². The number of anilines is 1. The highest BCUT2D eigenvalue weighted by atomic mass is 32.2. The molecule has 2 amide bonds. The monoisotopic (exact) mass is 539 g/mol. The summed E-state index contributed by atoms with van der Waals surface area (Å²) in [5.74, 6) is -1.71. The number of nitrogens with one attached hydrogen (secondary N) is 1. The molecule has 0 bridgehead atoms. The fourth-order valence-electron chi connectivity index (χ4n) is 4.16. The van der Waals surface area contributed by atoms with E-state index in [1.54, 1.807) is 25.1 Å². The first-order valence-electron chi connectivity index (χ1n) is 12.6. The van der Waals surface area contributed by atoms with Crippen LogP contribution < -0.4 is 9.62 Å². The van der Waals surface area contributed by atoms with Crippen LogP contribution in [0.25, 0.3) is 0 Å². The van der Waals surface area contributed by atoms with Gasteiger partial charge in [-0.1, -0.05) is 67.6 Å². The van der Waals surface area contributed by atoms with E-state index in [9.17, 15) is 22.4 Å². The Kier molecular flexibility index (Phi) is 10.0. The van der Waals surface area contributed by atoms with Crippen LogP contribution >= 0.6 is 0 Å². The number of para-hydroxylation sites is 1. The summed E-state index contributed by atoms with van der Waals surface area (Å²) >= 11 is 0. The Balaban J connectivity index is 2.01. The zero-order valence-corrected chi connectivity index (χ0v) is 22.7. The molecule has 1 unspecified atom stereocenters. The topological polar surface area (TPSA) is 86.8 Å². The van der Waals surface area contributed by atoms with Crippen LogP contribution in [0.1, 0.15) is 32.8 Å². The SMILES string of the molecule is CCC(C(=O)NC(C)C)N(CCc1ccccc1)C(=O)CN(c1ccccc1F)S(=O)(=O)c1ccccc1. The van der Waals surface area contributed by atoms with Crippen LogP contribution in [0.2, 0.25) is 0 Å². The normalized spacial score (nSPS) is 12.1. The lowest BCUT2D eigenvalue weighted by Gasteiger charge is -2.33. The van der Waals surface area contributed by atoms with Crippen molar-refractivity contribution in [3.63, 3.8) is 0 Å². The molecule has 38 heavy (non-hydrogen) atoms. The largest absolute Gasteiger partial charge is 0.352 e. The van der Waals surface area contributed by atoms with Crippen LogP contribution in [0.5, 0.6) is 0 Å². The number of amides is 2. The molecule has 0 heterocycles.